The summed E-state index contributed by atoms with van der Waals surface area (Å²) in [7, 11) is 1.79. The van der Waals surface area contributed by atoms with Crippen molar-refractivity contribution in [3.05, 3.63) is 50.2 Å². The maximum Gasteiger partial charge on any atom is 0.260 e. The van der Waals surface area contributed by atoms with Gasteiger partial charge in [-0.1, -0.05) is 6.07 Å². The van der Waals surface area contributed by atoms with Crippen molar-refractivity contribution in [3.63, 3.8) is 0 Å². The zero-order valence-corrected chi connectivity index (χ0v) is 13.5. The minimum Gasteiger partial charge on any atom is -0.484 e. The molecule has 19 heavy (non-hydrogen) atoms. The predicted octanol–water partition coefficient (Wildman–Crippen LogP) is 3.39. The molecule has 2 aromatic rings. The zero-order chi connectivity index (χ0) is 13.7. The van der Waals surface area contributed by atoms with Crippen molar-refractivity contribution in [2.24, 2.45) is 0 Å². The van der Waals surface area contributed by atoms with Gasteiger partial charge < -0.3 is 9.64 Å². The molecule has 0 unspecified atom stereocenters. The SMILES string of the molecule is CN(Cc1cccs1)C(=O)COc1ccc(I)cc1. The molecule has 0 aliphatic heterocycles. The molecule has 0 aliphatic rings. The minimum atomic E-state index is -0.0213. The van der Waals surface area contributed by atoms with E-state index in [4.69, 9.17) is 4.74 Å². The number of ether oxygens (including phenoxy) is 1. The standard InChI is InChI=1S/C14H14INO2S/c1-16(9-13-3-2-8-19-13)14(17)10-18-12-6-4-11(15)5-7-12/h2-8H,9-10H2,1H3. The molecule has 1 amide bonds. The van der Waals surface area contributed by atoms with E-state index in [-0.39, 0.29) is 12.5 Å². The van der Waals surface area contributed by atoms with Crippen molar-refractivity contribution in [1.82, 2.24) is 4.90 Å². The summed E-state index contributed by atoms with van der Waals surface area (Å²) in [6.45, 7) is 0.703. The third-order valence-electron chi connectivity index (χ3n) is 2.57. The predicted molar refractivity (Wildman–Crippen MR) is 85.4 cm³/mol. The van der Waals surface area contributed by atoms with E-state index in [1.807, 2.05) is 41.8 Å². The van der Waals surface area contributed by atoms with Crippen LogP contribution >= 0.6 is 33.9 Å². The highest BCUT2D eigenvalue weighted by atomic mass is 127. The van der Waals surface area contributed by atoms with Gasteiger partial charge in [-0.2, -0.15) is 0 Å². The number of amides is 1. The first kappa shape index (κ1) is 14.3. The molecular weight excluding hydrogens is 373 g/mol. The maximum absolute atomic E-state index is 11.9. The number of hydrogen-bond donors (Lipinski definition) is 0. The van der Waals surface area contributed by atoms with Gasteiger partial charge in [-0.3, -0.25) is 4.79 Å². The normalized spacial score (nSPS) is 10.2. The summed E-state index contributed by atoms with van der Waals surface area (Å²) in [4.78, 5) is 14.8. The lowest BCUT2D eigenvalue weighted by Gasteiger charge is -2.16. The van der Waals surface area contributed by atoms with Crippen LogP contribution in [-0.2, 0) is 11.3 Å². The number of hydrogen-bond acceptors (Lipinski definition) is 3. The van der Waals surface area contributed by atoms with Gasteiger partial charge in [0.25, 0.3) is 5.91 Å². The lowest BCUT2D eigenvalue weighted by atomic mass is 10.3. The number of benzene rings is 1. The fourth-order valence-electron chi connectivity index (χ4n) is 1.51. The van der Waals surface area contributed by atoms with Crippen LogP contribution < -0.4 is 4.74 Å². The van der Waals surface area contributed by atoms with E-state index in [1.165, 1.54) is 4.88 Å². The number of nitrogens with zero attached hydrogens (tertiary/aromatic N) is 1. The summed E-state index contributed by atoms with van der Waals surface area (Å²) in [5.74, 6) is 0.699. The second-order valence-corrected chi connectivity index (χ2v) is 6.35. The van der Waals surface area contributed by atoms with E-state index in [2.05, 4.69) is 22.6 Å². The van der Waals surface area contributed by atoms with E-state index in [1.54, 1.807) is 23.3 Å². The smallest absolute Gasteiger partial charge is 0.260 e. The molecule has 0 bridgehead atoms. The van der Waals surface area contributed by atoms with Gasteiger partial charge in [-0.15, -0.1) is 11.3 Å². The quantitative estimate of drug-likeness (QED) is 0.737. The molecule has 0 radical (unpaired) electrons. The Bertz CT molecular complexity index is 525. The summed E-state index contributed by atoms with van der Waals surface area (Å²) in [5.41, 5.74) is 0. The van der Waals surface area contributed by atoms with E-state index in [0.29, 0.717) is 6.54 Å². The third-order valence-corrected chi connectivity index (χ3v) is 4.16. The molecule has 0 saturated heterocycles. The second-order valence-electron chi connectivity index (χ2n) is 4.07. The highest BCUT2D eigenvalue weighted by Crippen LogP contribution is 2.14. The summed E-state index contributed by atoms with van der Waals surface area (Å²) in [5, 5.41) is 2.01. The highest BCUT2D eigenvalue weighted by Gasteiger charge is 2.10. The topological polar surface area (TPSA) is 29.5 Å². The Balaban J connectivity index is 1.82. The number of carbonyl (C=O) groups excluding carboxylic acids is 1. The van der Waals surface area contributed by atoms with Gasteiger partial charge >= 0.3 is 0 Å². The summed E-state index contributed by atoms with van der Waals surface area (Å²) >= 11 is 3.88. The van der Waals surface area contributed by atoms with E-state index in [0.717, 1.165) is 9.32 Å². The zero-order valence-electron chi connectivity index (χ0n) is 10.5. The number of thiophene rings is 1. The van der Waals surface area contributed by atoms with Crippen LogP contribution in [0.2, 0.25) is 0 Å². The average Bonchev–Trinajstić information content (AvgIpc) is 2.90. The molecule has 0 N–H and O–H groups in total. The Kier molecular flexibility index (Phi) is 5.21. The molecule has 0 fully saturated rings. The van der Waals surface area contributed by atoms with Crippen molar-refractivity contribution < 1.29 is 9.53 Å². The van der Waals surface area contributed by atoms with Gasteiger partial charge in [-0.05, 0) is 58.3 Å². The molecular formula is C14H14INO2S. The Labute approximate surface area is 130 Å². The van der Waals surface area contributed by atoms with Crippen LogP contribution in [0.25, 0.3) is 0 Å². The Hall–Kier alpha value is -1.08. The van der Waals surface area contributed by atoms with Crippen molar-refractivity contribution in [1.29, 1.82) is 0 Å². The van der Waals surface area contributed by atoms with Crippen LogP contribution in [0.15, 0.2) is 41.8 Å². The van der Waals surface area contributed by atoms with E-state index in [9.17, 15) is 4.79 Å². The average molecular weight is 387 g/mol. The van der Waals surface area contributed by atoms with Crippen molar-refractivity contribution in [3.8, 4) is 5.75 Å². The lowest BCUT2D eigenvalue weighted by molar-refractivity contribution is -0.132. The second kappa shape index (κ2) is 6.91. The fourth-order valence-corrected chi connectivity index (χ4v) is 2.63. The van der Waals surface area contributed by atoms with Gasteiger partial charge in [0.1, 0.15) is 5.75 Å². The molecule has 2 rings (SSSR count). The monoisotopic (exact) mass is 387 g/mol. The number of carbonyl (C=O) groups is 1. The fraction of sp³-hybridized carbons (Fsp3) is 0.214. The van der Waals surface area contributed by atoms with Gasteiger partial charge in [0.2, 0.25) is 0 Å². The first-order chi connectivity index (χ1) is 9.15. The Morgan fingerprint density at radius 1 is 1.32 bits per heavy atom. The Morgan fingerprint density at radius 2 is 2.05 bits per heavy atom. The first-order valence-electron chi connectivity index (χ1n) is 5.80. The van der Waals surface area contributed by atoms with Crippen molar-refractivity contribution in [2.75, 3.05) is 13.7 Å². The molecule has 1 aromatic carbocycles. The van der Waals surface area contributed by atoms with E-state index < -0.39 is 0 Å². The summed E-state index contributed by atoms with van der Waals surface area (Å²) in [6, 6.07) is 11.7. The van der Waals surface area contributed by atoms with Crippen molar-refractivity contribution >= 4 is 39.8 Å². The van der Waals surface area contributed by atoms with E-state index >= 15 is 0 Å². The largest absolute Gasteiger partial charge is 0.484 e. The van der Waals surface area contributed by atoms with Gasteiger partial charge in [-0.25, -0.2) is 0 Å². The number of halogens is 1. The molecule has 100 valence electrons. The molecule has 0 atom stereocenters. The molecule has 0 aliphatic carbocycles. The van der Waals surface area contributed by atoms with Crippen molar-refractivity contribution in [2.45, 2.75) is 6.54 Å². The van der Waals surface area contributed by atoms with Gasteiger partial charge in [0.15, 0.2) is 6.61 Å². The molecule has 0 spiro atoms. The first-order valence-corrected chi connectivity index (χ1v) is 7.75. The van der Waals surface area contributed by atoms with Crippen LogP contribution in [0.4, 0.5) is 0 Å². The Morgan fingerprint density at radius 3 is 2.68 bits per heavy atom. The maximum atomic E-state index is 11.9. The molecule has 1 aromatic heterocycles. The molecule has 1 heterocycles. The van der Waals surface area contributed by atoms with Crippen LogP contribution in [0.1, 0.15) is 4.88 Å². The third kappa shape index (κ3) is 4.50. The molecule has 0 saturated carbocycles. The van der Waals surface area contributed by atoms with Crippen LogP contribution in [0.3, 0.4) is 0 Å². The van der Waals surface area contributed by atoms with Crippen LogP contribution in [0.5, 0.6) is 5.75 Å². The van der Waals surface area contributed by atoms with Gasteiger partial charge in [0, 0.05) is 15.5 Å². The van der Waals surface area contributed by atoms with Crippen LogP contribution in [0, 0.1) is 3.57 Å². The highest BCUT2D eigenvalue weighted by molar-refractivity contribution is 14.1. The molecule has 5 heteroatoms. The molecule has 3 nitrogen and oxygen atoms in total. The lowest BCUT2D eigenvalue weighted by Crippen LogP contribution is -2.30. The summed E-state index contributed by atoms with van der Waals surface area (Å²) < 4.78 is 6.62. The minimum absolute atomic E-state index is 0.0213. The summed E-state index contributed by atoms with van der Waals surface area (Å²) in [6.07, 6.45) is 0. The number of likely N-dealkylation sites (N-methyl/N-ethyl adjacent to an activating group) is 1. The van der Waals surface area contributed by atoms with Gasteiger partial charge in [0.05, 0.1) is 6.54 Å². The van der Waals surface area contributed by atoms with Crippen LogP contribution in [-0.4, -0.2) is 24.5 Å². The number of rotatable bonds is 5.